The van der Waals surface area contributed by atoms with Gasteiger partial charge in [-0.1, -0.05) is 26.3 Å². The lowest BCUT2D eigenvalue weighted by Crippen LogP contribution is -2.43. The molecule has 0 bridgehead atoms. The molecule has 2 aliphatic carbocycles. The highest BCUT2D eigenvalue weighted by Gasteiger charge is 2.44. The first-order chi connectivity index (χ1) is 10.3. The summed E-state index contributed by atoms with van der Waals surface area (Å²) in [4.78, 5) is 23.2. The zero-order valence-electron chi connectivity index (χ0n) is 14.3. The van der Waals surface area contributed by atoms with Crippen molar-refractivity contribution < 1.29 is 19.1 Å². The highest BCUT2D eigenvalue weighted by Crippen LogP contribution is 2.48. The van der Waals surface area contributed by atoms with Crippen molar-refractivity contribution in [2.45, 2.75) is 53.1 Å². The van der Waals surface area contributed by atoms with Crippen LogP contribution in [-0.4, -0.2) is 25.2 Å². The minimum atomic E-state index is -0.223. The molecule has 2 rings (SSSR count). The number of fused-ring (bicyclic) bond motifs is 1. The van der Waals surface area contributed by atoms with E-state index in [1.54, 1.807) is 0 Å². The largest absolute Gasteiger partial charge is 0.469 e. The van der Waals surface area contributed by atoms with Gasteiger partial charge in [0.05, 0.1) is 13.0 Å². The van der Waals surface area contributed by atoms with E-state index in [1.807, 2.05) is 13.8 Å². The number of rotatable bonds is 3. The van der Waals surface area contributed by atoms with Crippen LogP contribution >= 0.6 is 0 Å². The van der Waals surface area contributed by atoms with Crippen LogP contribution in [0.25, 0.3) is 0 Å². The molecule has 4 heteroatoms. The molecule has 1 saturated carbocycles. The van der Waals surface area contributed by atoms with Gasteiger partial charge in [0.15, 0.2) is 0 Å². The van der Waals surface area contributed by atoms with Gasteiger partial charge in [0.2, 0.25) is 0 Å². The number of carbonyl (C=O) groups is 2. The first-order valence-corrected chi connectivity index (χ1v) is 8.28. The molecule has 1 unspecified atom stereocenters. The van der Waals surface area contributed by atoms with Gasteiger partial charge in [-0.25, -0.2) is 0 Å². The quantitative estimate of drug-likeness (QED) is 0.592. The number of allylic oxidation sites excluding steroid dienone is 1. The molecule has 0 spiro atoms. The Kier molecular flexibility index (Phi) is 5.30. The molecule has 124 valence electrons. The molecule has 0 N–H and O–H groups in total. The zero-order chi connectivity index (χ0) is 16.4. The van der Waals surface area contributed by atoms with E-state index in [0.717, 1.165) is 24.8 Å². The van der Waals surface area contributed by atoms with Crippen LogP contribution in [0.2, 0.25) is 0 Å². The Balaban J connectivity index is 2.24. The van der Waals surface area contributed by atoms with Gasteiger partial charge in [0.1, 0.15) is 6.10 Å². The second-order valence-corrected chi connectivity index (χ2v) is 7.02. The third kappa shape index (κ3) is 3.36. The third-order valence-electron chi connectivity index (χ3n) is 5.65. The Morgan fingerprint density at radius 3 is 2.59 bits per heavy atom. The number of esters is 2. The number of hydrogen-bond acceptors (Lipinski definition) is 4. The zero-order valence-corrected chi connectivity index (χ0v) is 14.3. The summed E-state index contributed by atoms with van der Waals surface area (Å²) in [5, 5.41) is 0. The van der Waals surface area contributed by atoms with Crippen molar-refractivity contribution >= 4 is 11.9 Å². The highest BCUT2D eigenvalue weighted by atomic mass is 16.5. The van der Waals surface area contributed by atoms with Crippen molar-refractivity contribution in [2.24, 2.45) is 29.6 Å². The lowest BCUT2D eigenvalue weighted by atomic mass is 9.59. The maximum atomic E-state index is 11.9. The van der Waals surface area contributed by atoms with Gasteiger partial charge in [0, 0.05) is 6.92 Å². The molecule has 0 amide bonds. The summed E-state index contributed by atoms with van der Waals surface area (Å²) in [6, 6.07) is 0. The summed E-state index contributed by atoms with van der Waals surface area (Å²) in [6.45, 7) is 7.75. The van der Waals surface area contributed by atoms with Crippen LogP contribution < -0.4 is 0 Å². The lowest BCUT2D eigenvalue weighted by Gasteiger charge is -2.46. The van der Waals surface area contributed by atoms with Crippen LogP contribution in [0.15, 0.2) is 11.6 Å². The normalized spacial score (nSPS) is 35.9. The molecule has 6 atom stereocenters. The lowest BCUT2D eigenvalue weighted by molar-refractivity contribution is -0.149. The Morgan fingerprint density at radius 2 is 2.00 bits per heavy atom. The van der Waals surface area contributed by atoms with E-state index in [9.17, 15) is 9.59 Å². The summed E-state index contributed by atoms with van der Waals surface area (Å²) in [7, 11) is 1.46. The minimum absolute atomic E-state index is 0.0840. The molecule has 1 fully saturated rings. The van der Waals surface area contributed by atoms with Crippen molar-refractivity contribution in [1.82, 2.24) is 0 Å². The van der Waals surface area contributed by atoms with Crippen molar-refractivity contribution in [2.75, 3.05) is 7.11 Å². The second-order valence-electron chi connectivity index (χ2n) is 7.02. The van der Waals surface area contributed by atoms with Gasteiger partial charge in [0.25, 0.3) is 0 Å². The predicted octanol–water partition coefficient (Wildman–Crippen LogP) is 3.36. The molecule has 0 aliphatic heterocycles. The molecular formula is C18H28O4. The van der Waals surface area contributed by atoms with Gasteiger partial charge in [-0.2, -0.15) is 0 Å². The Bertz CT molecular complexity index is 468. The van der Waals surface area contributed by atoms with Crippen LogP contribution in [0, 0.1) is 29.6 Å². The van der Waals surface area contributed by atoms with Crippen molar-refractivity contribution in [3.8, 4) is 0 Å². The fourth-order valence-corrected chi connectivity index (χ4v) is 4.32. The van der Waals surface area contributed by atoms with Crippen LogP contribution in [0.3, 0.4) is 0 Å². The summed E-state index contributed by atoms with van der Waals surface area (Å²) in [5.74, 6) is 1.34. The number of hydrogen-bond donors (Lipinski definition) is 0. The van der Waals surface area contributed by atoms with Crippen LogP contribution in [0.4, 0.5) is 0 Å². The molecule has 22 heavy (non-hydrogen) atoms. The Hall–Kier alpha value is -1.32. The average molecular weight is 308 g/mol. The second kappa shape index (κ2) is 6.84. The van der Waals surface area contributed by atoms with Gasteiger partial charge in [-0.15, -0.1) is 0 Å². The van der Waals surface area contributed by atoms with E-state index in [0.29, 0.717) is 23.7 Å². The highest BCUT2D eigenvalue weighted by molar-refractivity contribution is 5.72. The SMILES string of the molecule is COC(=O)C(C)[C@@H]1CC[C@@H](C)[C@@H]2C[C@@H](OC(C)=O)C(C)=C[C@@H]21. The molecule has 0 aromatic heterocycles. The summed E-state index contributed by atoms with van der Waals surface area (Å²) in [5.41, 5.74) is 1.12. The topological polar surface area (TPSA) is 52.6 Å². The van der Waals surface area contributed by atoms with E-state index >= 15 is 0 Å². The smallest absolute Gasteiger partial charge is 0.308 e. The van der Waals surface area contributed by atoms with Gasteiger partial charge < -0.3 is 9.47 Å². The number of methoxy groups -OCH3 is 1. The molecule has 0 aromatic rings. The van der Waals surface area contributed by atoms with Gasteiger partial charge in [-0.3, -0.25) is 9.59 Å². The number of carbonyl (C=O) groups excluding carboxylic acids is 2. The number of ether oxygens (including phenoxy) is 2. The molecule has 0 heterocycles. The summed E-state index contributed by atoms with van der Waals surface area (Å²) in [6.07, 6.45) is 5.20. The molecule has 0 saturated heterocycles. The van der Waals surface area contributed by atoms with Gasteiger partial charge in [-0.05, 0) is 49.0 Å². The third-order valence-corrected chi connectivity index (χ3v) is 5.65. The first kappa shape index (κ1) is 17.0. The standard InChI is InChI=1S/C18H28O4/c1-10-6-7-14(12(3)18(20)21-5)16-8-11(2)17(9-15(10)16)22-13(4)19/h8,10,12,14-17H,6-7,9H2,1-5H3/t10-,12?,14+,15+,16-,17-/m1/s1. The summed E-state index contributed by atoms with van der Waals surface area (Å²) >= 11 is 0. The maximum Gasteiger partial charge on any atom is 0.308 e. The van der Waals surface area contributed by atoms with Crippen LogP contribution in [-0.2, 0) is 19.1 Å². The Labute approximate surface area is 133 Å². The van der Waals surface area contributed by atoms with Crippen LogP contribution in [0.5, 0.6) is 0 Å². The fourth-order valence-electron chi connectivity index (χ4n) is 4.32. The minimum Gasteiger partial charge on any atom is -0.469 e. The van der Waals surface area contributed by atoms with Crippen molar-refractivity contribution in [1.29, 1.82) is 0 Å². The maximum absolute atomic E-state index is 11.9. The average Bonchev–Trinajstić information content (AvgIpc) is 2.47. The van der Waals surface area contributed by atoms with E-state index < -0.39 is 0 Å². The van der Waals surface area contributed by atoms with E-state index in [1.165, 1.54) is 14.0 Å². The molecule has 0 radical (unpaired) electrons. The van der Waals surface area contributed by atoms with Crippen molar-refractivity contribution in [3.63, 3.8) is 0 Å². The monoisotopic (exact) mass is 308 g/mol. The molecule has 4 nitrogen and oxygen atoms in total. The first-order valence-electron chi connectivity index (χ1n) is 8.28. The fraction of sp³-hybridized carbons (Fsp3) is 0.778. The van der Waals surface area contributed by atoms with E-state index in [2.05, 4.69) is 13.0 Å². The Morgan fingerprint density at radius 1 is 1.32 bits per heavy atom. The van der Waals surface area contributed by atoms with E-state index in [-0.39, 0.29) is 24.0 Å². The molecule has 2 aliphatic rings. The van der Waals surface area contributed by atoms with Crippen molar-refractivity contribution in [3.05, 3.63) is 11.6 Å². The van der Waals surface area contributed by atoms with E-state index in [4.69, 9.17) is 9.47 Å². The molecule has 0 aromatic carbocycles. The molecular weight excluding hydrogens is 280 g/mol. The van der Waals surface area contributed by atoms with Crippen LogP contribution in [0.1, 0.15) is 47.0 Å². The summed E-state index contributed by atoms with van der Waals surface area (Å²) < 4.78 is 10.4. The van der Waals surface area contributed by atoms with Gasteiger partial charge >= 0.3 is 11.9 Å². The predicted molar refractivity (Wildman–Crippen MR) is 84.0 cm³/mol.